The van der Waals surface area contributed by atoms with E-state index in [0.717, 1.165) is 18.9 Å². The molecule has 1 aliphatic rings. The van der Waals surface area contributed by atoms with Crippen LogP contribution in [0.3, 0.4) is 0 Å². The van der Waals surface area contributed by atoms with Gasteiger partial charge in [-0.1, -0.05) is 0 Å². The Morgan fingerprint density at radius 1 is 1.21 bits per heavy atom. The Hall–Kier alpha value is -0.960. The summed E-state index contributed by atoms with van der Waals surface area (Å²) in [5.74, 6) is -1.02. The highest BCUT2D eigenvalue weighted by atomic mass is 19.1. The molecule has 0 amide bonds. The molecule has 1 aromatic carbocycles. The highest BCUT2D eigenvalue weighted by Crippen LogP contribution is 2.34. The lowest BCUT2D eigenvalue weighted by Crippen LogP contribution is -2.27. The fourth-order valence-electron chi connectivity index (χ4n) is 1.39. The Bertz CT molecular complexity index is 325. The summed E-state index contributed by atoms with van der Waals surface area (Å²) >= 11 is 0. The Morgan fingerprint density at radius 3 is 2.29 bits per heavy atom. The lowest BCUT2D eigenvalue weighted by atomic mass is 10.2. The molecule has 1 nitrogen and oxygen atoms in total. The Morgan fingerprint density at radius 2 is 1.79 bits per heavy atom. The molecule has 0 saturated heterocycles. The molecule has 3 heteroatoms. The first-order valence-electron chi connectivity index (χ1n) is 4.77. The fourth-order valence-corrected chi connectivity index (χ4v) is 1.39. The third-order valence-corrected chi connectivity index (χ3v) is 2.64. The minimum atomic E-state index is -0.511. The van der Waals surface area contributed by atoms with Crippen molar-refractivity contribution in [1.82, 2.24) is 5.32 Å². The summed E-state index contributed by atoms with van der Waals surface area (Å²) in [7, 11) is 0. The first kappa shape index (κ1) is 9.59. The van der Waals surface area contributed by atoms with Gasteiger partial charge in [-0.25, -0.2) is 8.78 Å². The van der Waals surface area contributed by atoms with Crippen molar-refractivity contribution in [2.24, 2.45) is 0 Å². The fraction of sp³-hybridized carbons (Fsp3) is 0.455. The van der Waals surface area contributed by atoms with E-state index in [2.05, 4.69) is 12.2 Å². The van der Waals surface area contributed by atoms with E-state index in [1.54, 1.807) is 0 Å². The van der Waals surface area contributed by atoms with Gasteiger partial charge >= 0.3 is 0 Å². The molecular formula is C11H13F2N. The SMILES string of the molecule is CC1(NCc2cc(F)cc(F)c2)CC1. The first-order valence-corrected chi connectivity index (χ1v) is 4.77. The summed E-state index contributed by atoms with van der Waals surface area (Å²) in [6.45, 7) is 2.65. The second-order valence-electron chi connectivity index (χ2n) is 4.19. The van der Waals surface area contributed by atoms with Crippen molar-refractivity contribution in [3.05, 3.63) is 35.4 Å². The van der Waals surface area contributed by atoms with Crippen molar-refractivity contribution in [1.29, 1.82) is 0 Å². The molecule has 76 valence electrons. The van der Waals surface area contributed by atoms with E-state index in [-0.39, 0.29) is 5.54 Å². The molecule has 0 bridgehead atoms. The average Bonchev–Trinajstić information content (AvgIpc) is 2.80. The van der Waals surface area contributed by atoms with E-state index in [1.165, 1.54) is 12.1 Å². The second kappa shape index (κ2) is 3.31. The van der Waals surface area contributed by atoms with E-state index >= 15 is 0 Å². The zero-order valence-electron chi connectivity index (χ0n) is 8.11. The van der Waals surface area contributed by atoms with Crippen LogP contribution in [0.25, 0.3) is 0 Å². The van der Waals surface area contributed by atoms with Gasteiger partial charge in [0, 0.05) is 18.2 Å². The van der Waals surface area contributed by atoms with Gasteiger partial charge < -0.3 is 5.32 Å². The van der Waals surface area contributed by atoms with E-state index in [1.807, 2.05) is 0 Å². The number of hydrogen-bond acceptors (Lipinski definition) is 1. The number of nitrogens with one attached hydrogen (secondary N) is 1. The van der Waals surface area contributed by atoms with Gasteiger partial charge in [0.05, 0.1) is 0 Å². The van der Waals surface area contributed by atoms with E-state index in [9.17, 15) is 8.78 Å². The Kier molecular flexibility index (Phi) is 2.27. The summed E-state index contributed by atoms with van der Waals surface area (Å²) in [4.78, 5) is 0. The van der Waals surface area contributed by atoms with Gasteiger partial charge in [0.15, 0.2) is 0 Å². The van der Waals surface area contributed by atoms with Crippen LogP contribution < -0.4 is 5.32 Å². The topological polar surface area (TPSA) is 12.0 Å². The highest BCUT2D eigenvalue weighted by Gasteiger charge is 2.36. The van der Waals surface area contributed by atoms with Gasteiger partial charge in [-0.2, -0.15) is 0 Å². The van der Waals surface area contributed by atoms with Crippen molar-refractivity contribution in [2.45, 2.75) is 31.8 Å². The number of hydrogen-bond donors (Lipinski definition) is 1. The van der Waals surface area contributed by atoms with Crippen molar-refractivity contribution in [3.8, 4) is 0 Å². The molecule has 2 rings (SSSR count). The smallest absolute Gasteiger partial charge is 0.126 e. The molecule has 1 aromatic rings. The third-order valence-electron chi connectivity index (χ3n) is 2.64. The van der Waals surface area contributed by atoms with Crippen LogP contribution in [-0.2, 0) is 6.54 Å². The zero-order chi connectivity index (χ0) is 10.2. The Labute approximate surface area is 82.1 Å². The average molecular weight is 197 g/mol. The van der Waals surface area contributed by atoms with Crippen LogP contribution in [0.1, 0.15) is 25.3 Å². The van der Waals surface area contributed by atoms with Crippen molar-refractivity contribution in [3.63, 3.8) is 0 Å². The highest BCUT2D eigenvalue weighted by molar-refractivity contribution is 5.18. The number of rotatable bonds is 3. The molecule has 0 unspecified atom stereocenters. The molecule has 0 heterocycles. The van der Waals surface area contributed by atoms with Gasteiger partial charge in [-0.05, 0) is 37.5 Å². The van der Waals surface area contributed by atoms with Crippen molar-refractivity contribution in [2.75, 3.05) is 0 Å². The lowest BCUT2D eigenvalue weighted by Gasteiger charge is -2.11. The van der Waals surface area contributed by atoms with Gasteiger partial charge in [0.2, 0.25) is 0 Å². The summed E-state index contributed by atoms with van der Waals surface area (Å²) in [6.07, 6.45) is 2.29. The second-order valence-corrected chi connectivity index (χ2v) is 4.19. The van der Waals surface area contributed by atoms with Gasteiger partial charge in [-0.15, -0.1) is 0 Å². The summed E-state index contributed by atoms with van der Waals surface area (Å²) in [6, 6.07) is 3.62. The molecule has 1 fully saturated rings. The predicted molar refractivity (Wildman–Crippen MR) is 50.8 cm³/mol. The zero-order valence-corrected chi connectivity index (χ0v) is 8.11. The summed E-state index contributed by atoms with van der Waals surface area (Å²) in [5.41, 5.74) is 0.860. The third kappa shape index (κ3) is 2.29. The van der Waals surface area contributed by atoms with E-state index in [4.69, 9.17) is 0 Å². The lowest BCUT2D eigenvalue weighted by molar-refractivity contribution is 0.528. The monoisotopic (exact) mass is 197 g/mol. The van der Waals surface area contributed by atoms with Crippen molar-refractivity contribution >= 4 is 0 Å². The van der Waals surface area contributed by atoms with Crippen LogP contribution in [0.4, 0.5) is 8.78 Å². The molecule has 1 N–H and O–H groups in total. The quantitative estimate of drug-likeness (QED) is 0.785. The van der Waals surface area contributed by atoms with Crippen LogP contribution in [0.15, 0.2) is 18.2 Å². The van der Waals surface area contributed by atoms with Gasteiger partial charge in [-0.3, -0.25) is 0 Å². The molecule has 0 radical (unpaired) electrons. The minimum absolute atomic E-state index is 0.197. The number of benzene rings is 1. The minimum Gasteiger partial charge on any atom is -0.307 e. The van der Waals surface area contributed by atoms with E-state index in [0.29, 0.717) is 12.1 Å². The summed E-state index contributed by atoms with van der Waals surface area (Å²) in [5, 5.41) is 3.27. The van der Waals surface area contributed by atoms with Crippen LogP contribution >= 0.6 is 0 Å². The maximum Gasteiger partial charge on any atom is 0.126 e. The first-order chi connectivity index (χ1) is 6.57. The van der Waals surface area contributed by atoms with Crippen LogP contribution in [0, 0.1) is 11.6 Å². The van der Waals surface area contributed by atoms with Crippen LogP contribution in [0.5, 0.6) is 0 Å². The van der Waals surface area contributed by atoms with Crippen LogP contribution in [0.2, 0.25) is 0 Å². The van der Waals surface area contributed by atoms with Crippen LogP contribution in [-0.4, -0.2) is 5.54 Å². The van der Waals surface area contributed by atoms with Gasteiger partial charge in [0.1, 0.15) is 11.6 Å². The van der Waals surface area contributed by atoms with E-state index < -0.39 is 11.6 Å². The largest absolute Gasteiger partial charge is 0.307 e. The molecule has 0 aliphatic heterocycles. The predicted octanol–water partition coefficient (Wildman–Crippen LogP) is 2.61. The van der Waals surface area contributed by atoms with Crippen molar-refractivity contribution < 1.29 is 8.78 Å². The normalized spacial score (nSPS) is 18.2. The van der Waals surface area contributed by atoms with Gasteiger partial charge in [0.25, 0.3) is 0 Å². The maximum atomic E-state index is 12.8. The molecule has 0 aromatic heterocycles. The molecule has 1 aliphatic carbocycles. The maximum absolute atomic E-state index is 12.8. The molecule has 1 saturated carbocycles. The molecule has 14 heavy (non-hydrogen) atoms. The number of halogens is 2. The standard InChI is InChI=1S/C11H13F2N/c1-11(2-3-11)14-7-8-4-9(12)6-10(13)5-8/h4-6,14H,2-3,7H2,1H3. The Balaban J connectivity index is 2.01. The molecule has 0 spiro atoms. The summed E-state index contributed by atoms with van der Waals surface area (Å²) < 4.78 is 25.6. The molecule has 0 atom stereocenters. The molecular weight excluding hydrogens is 184 g/mol.